The average molecular weight is 476 g/mol. The van der Waals surface area contributed by atoms with E-state index in [1.165, 1.54) is 10.8 Å². The number of rotatable bonds is 3. The number of aromatic nitrogens is 3. The number of para-hydroxylation sites is 1. The number of nitrogens with zero attached hydrogens (tertiary/aromatic N) is 3. The minimum atomic E-state index is 0.713. The maximum absolute atomic E-state index is 5.03. The van der Waals surface area contributed by atoms with Crippen molar-refractivity contribution in [3.05, 3.63) is 114 Å². The van der Waals surface area contributed by atoms with Gasteiger partial charge in [-0.2, -0.15) is 0 Å². The van der Waals surface area contributed by atoms with Crippen molar-refractivity contribution in [1.82, 2.24) is 14.5 Å². The van der Waals surface area contributed by atoms with Crippen LogP contribution in [0.3, 0.4) is 0 Å². The first-order chi connectivity index (χ1) is 15.8. The van der Waals surface area contributed by atoms with E-state index >= 15 is 0 Å². The van der Waals surface area contributed by atoms with Crippen molar-refractivity contribution in [1.29, 1.82) is 0 Å². The van der Waals surface area contributed by atoms with E-state index in [0.29, 0.717) is 5.82 Å². The maximum Gasteiger partial charge on any atom is 0.162 e. The number of fused-ring (bicyclic) bond motifs is 3. The van der Waals surface area contributed by atoms with Gasteiger partial charge in [-0.25, -0.2) is 9.97 Å². The minimum Gasteiger partial charge on any atom is -0.294 e. The SMILES string of the molecule is Brc1ccc2c(c1)c1ccccc1n2-c1cc(-c2ccccc2)nc(-c2ccccc2)n1. The standard InChI is InChI=1S/C28H18BrN3/c29-21-15-16-26-23(17-21)22-13-7-8-14-25(22)32(26)27-18-24(19-9-3-1-4-10-19)30-28(31-27)20-11-5-2-6-12-20/h1-18H. The van der Waals surface area contributed by atoms with E-state index in [1.54, 1.807) is 0 Å². The van der Waals surface area contributed by atoms with Crippen molar-refractivity contribution in [3.8, 4) is 28.5 Å². The number of hydrogen-bond acceptors (Lipinski definition) is 2. The predicted molar refractivity (Wildman–Crippen MR) is 135 cm³/mol. The summed E-state index contributed by atoms with van der Waals surface area (Å²) < 4.78 is 3.29. The van der Waals surface area contributed by atoms with Crippen molar-refractivity contribution in [2.75, 3.05) is 0 Å². The third-order valence-electron chi connectivity index (χ3n) is 5.68. The monoisotopic (exact) mass is 475 g/mol. The van der Waals surface area contributed by atoms with Crippen molar-refractivity contribution in [2.24, 2.45) is 0 Å². The highest BCUT2D eigenvalue weighted by Gasteiger charge is 2.16. The van der Waals surface area contributed by atoms with E-state index in [0.717, 1.165) is 38.1 Å². The molecule has 0 unspecified atom stereocenters. The summed E-state index contributed by atoms with van der Waals surface area (Å²) in [6.07, 6.45) is 0. The molecule has 152 valence electrons. The van der Waals surface area contributed by atoms with Crippen LogP contribution in [-0.4, -0.2) is 14.5 Å². The van der Waals surface area contributed by atoms with Gasteiger partial charge >= 0.3 is 0 Å². The van der Waals surface area contributed by atoms with Crippen LogP contribution in [0.1, 0.15) is 0 Å². The zero-order chi connectivity index (χ0) is 21.5. The van der Waals surface area contributed by atoms with Gasteiger partial charge in [0.25, 0.3) is 0 Å². The Labute approximate surface area is 194 Å². The number of hydrogen-bond donors (Lipinski definition) is 0. The van der Waals surface area contributed by atoms with E-state index in [-0.39, 0.29) is 0 Å². The van der Waals surface area contributed by atoms with Crippen LogP contribution in [0.5, 0.6) is 0 Å². The van der Waals surface area contributed by atoms with E-state index in [2.05, 4.69) is 93.3 Å². The molecule has 6 rings (SSSR count). The molecule has 6 aromatic rings. The zero-order valence-corrected chi connectivity index (χ0v) is 18.7. The second kappa shape index (κ2) is 7.74. The smallest absolute Gasteiger partial charge is 0.162 e. The molecule has 0 spiro atoms. The molecule has 2 heterocycles. The molecule has 0 atom stereocenters. The van der Waals surface area contributed by atoms with Gasteiger partial charge in [0.1, 0.15) is 5.82 Å². The lowest BCUT2D eigenvalue weighted by molar-refractivity contribution is 1.05. The van der Waals surface area contributed by atoms with Gasteiger partial charge in [0.15, 0.2) is 5.82 Å². The maximum atomic E-state index is 5.03. The minimum absolute atomic E-state index is 0.713. The van der Waals surface area contributed by atoms with Crippen molar-refractivity contribution in [3.63, 3.8) is 0 Å². The average Bonchev–Trinajstić information content (AvgIpc) is 3.18. The molecule has 0 saturated heterocycles. The summed E-state index contributed by atoms with van der Waals surface area (Å²) in [6, 6.07) is 37.4. The van der Waals surface area contributed by atoms with E-state index in [1.807, 2.05) is 36.4 Å². The normalized spacial score (nSPS) is 11.3. The van der Waals surface area contributed by atoms with E-state index in [9.17, 15) is 0 Å². The summed E-state index contributed by atoms with van der Waals surface area (Å²) in [5.41, 5.74) is 5.20. The fraction of sp³-hybridized carbons (Fsp3) is 0. The van der Waals surface area contributed by atoms with Gasteiger partial charge in [0, 0.05) is 32.4 Å². The first-order valence-corrected chi connectivity index (χ1v) is 11.3. The van der Waals surface area contributed by atoms with Crippen LogP contribution in [0.15, 0.2) is 114 Å². The van der Waals surface area contributed by atoms with Gasteiger partial charge < -0.3 is 0 Å². The highest BCUT2D eigenvalue weighted by Crippen LogP contribution is 2.34. The van der Waals surface area contributed by atoms with Crippen LogP contribution >= 0.6 is 15.9 Å². The van der Waals surface area contributed by atoms with Gasteiger partial charge in [-0.3, -0.25) is 4.57 Å². The molecule has 32 heavy (non-hydrogen) atoms. The molecule has 3 nitrogen and oxygen atoms in total. The Morgan fingerprint density at radius 2 is 1.22 bits per heavy atom. The van der Waals surface area contributed by atoms with Crippen LogP contribution in [0.4, 0.5) is 0 Å². The Morgan fingerprint density at radius 3 is 2.00 bits per heavy atom. The molecular formula is C28H18BrN3. The Bertz CT molecular complexity index is 1510. The lowest BCUT2D eigenvalue weighted by Crippen LogP contribution is -2.02. The molecule has 0 amide bonds. The zero-order valence-electron chi connectivity index (χ0n) is 17.1. The molecule has 0 aliphatic carbocycles. The van der Waals surface area contributed by atoms with Crippen LogP contribution in [0.25, 0.3) is 50.3 Å². The van der Waals surface area contributed by atoms with Gasteiger partial charge in [0.05, 0.1) is 16.7 Å². The summed E-state index contributed by atoms with van der Waals surface area (Å²) in [5.74, 6) is 1.57. The van der Waals surface area contributed by atoms with E-state index < -0.39 is 0 Å². The molecule has 0 aliphatic heterocycles. The molecule has 4 aromatic carbocycles. The number of benzene rings is 4. The molecular weight excluding hydrogens is 458 g/mol. The lowest BCUT2D eigenvalue weighted by atomic mass is 10.1. The van der Waals surface area contributed by atoms with Gasteiger partial charge in [-0.05, 0) is 24.3 Å². The second-order valence-electron chi connectivity index (χ2n) is 7.68. The third-order valence-corrected chi connectivity index (χ3v) is 6.17. The highest BCUT2D eigenvalue weighted by molar-refractivity contribution is 9.10. The summed E-state index contributed by atoms with van der Waals surface area (Å²) in [6.45, 7) is 0. The molecule has 0 bridgehead atoms. The van der Waals surface area contributed by atoms with Gasteiger partial charge in [-0.1, -0.05) is 94.8 Å². The molecule has 0 fully saturated rings. The quantitative estimate of drug-likeness (QED) is 0.262. The second-order valence-corrected chi connectivity index (χ2v) is 8.60. The van der Waals surface area contributed by atoms with Crippen molar-refractivity contribution < 1.29 is 0 Å². The Hall–Kier alpha value is -3.76. The fourth-order valence-corrected chi connectivity index (χ4v) is 4.58. The first-order valence-electron chi connectivity index (χ1n) is 10.5. The molecule has 2 aromatic heterocycles. The summed E-state index contributed by atoms with van der Waals surface area (Å²) in [4.78, 5) is 9.96. The van der Waals surface area contributed by atoms with Crippen molar-refractivity contribution >= 4 is 37.7 Å². The Balaban J connectivity index is 1.70. The Morgan fingerprint density at radius 1 is 0.562 bits per heavy atom. The molecule has 0 saturated carbocycles. The molecule has 0 aliphatic rings. The van der Waals surface area contributed by atoms with Crippen LogP contribution in [-0.2, 0) is 0 Å². The predicted octanol–water partition coefficient (Wildman–Crippen LogP) is 7.67. The Kier molecular flexibility index (Phi) is 4.58. The largest absolute Gasteiger partial charge is 0.294 e. The fourth-order valence-electron chi connectivity index (χ4n) is 4.21. The van der Waals surface area contributed by atoms with Crippen molar-refractivity contribution in [2.45, 2.75) is 0 Å². The highest BCUT2D eigenvalue weighted by atomic mass is 79.9. The van der Waals surface area contributed by atoms with E-state index in [4.69, 9.17) is 9.97 Å². The van der Waals surface area contributed by atoms with Gasteiger partial charge in [0.2, 0.25) is 0 Å². The summed E-state index contributed by atoms with van der Waals surface area (Å²) in [7, 11) is 0. The van der Waals surface area contributed by atoms with Gasteiger partial charge in [-0.15, -0.1) is 0 Å². The molecule has 0 radical (unpaired) electrons. The molecule has 4 heteroatoms. The van der Waals surface area contributed by atoms with Crippen LogP contribution in [0, 0.1) is 0 Å². The number of halogens is 1. The molecule has 0 N–H and O–H groups in total. The van der Waals surface area contributed by atoms with Crippen LogP contribution in [0.2, 0.25) is 0 Å². The lowest BCUT2D eigenvalue weighted by Gasteiger charge is -2.12. The first kappa shape index (κ1) is 19.0. The van der Waals surface area contributed by atoms with Crippen LogP contribution < -0.4 is 0 Å². The summed E-state index contributed by atoms with van der Waals surface area (Å²) in [5, 5.41) is 2.39. The summed E-state index contributed by atoms with van der Waals surface area (Å²) >= 11 is 3.63. The topological polar surface area (TPSA) is 30.7 Å². The third kappa shape index (κ3) is 3.20.